The van der Waals surface area contributed by atoms with Crippen LogP contribution in [0.1, 0.15) is 29.2 Å². The predicted molar refractivity (Wildman–Crippen MR) is 97.4 cm³/mol. The fraction of sp³-hybridized carbons (Fsp3) is 0.333. The molecule has 2 aromatic rings. The Morgan fingerprint density at radius 3 is 2.35 bits per heavy atom. The molecule has 0 radical (unpaired) electrons. The minimum absolute atomic E-state index is 0.254. The van der Waals surface area contributed by atoms with Crippen LogP contribution < -0.4 is 0 Å². The van der Waals surface area contributed by atoms with Crippen LogP contribution in [0.3, 0.4) is 0 Å². The minimum atomic E-state index is -0.254. The molecule has 0 saturated carbocycles. The fourth-order valence-electron chi connectivity index (χ4n) is 3.38. The summed E-state index contributed by atoms with van der Waals surface area (Å²) < 4.78 is 14.0. The summed E-state index contributed by atoms with van der Waals surface area (Å²) in [5.41, 5.74) is 2.94. The summed E-state index contributed by atoms with van der Waals surface area (Å²) in [5, 5.41) is 17.9. The van der Waals surface area contributed by atoms with Crippen LogP contribution in [0.2, 0.25) is 0 Å². The van der Waals surface area contributed by atoms with Crippen LogP contribution in [0.4, 0.5) is 4.39 Å². The quantitative estimate of drug-likeness (QED) is 0.851. The van der Waals surface area contributed by atoms with Gasteiger partial charge in [0.25, 0.3) is 0 Å². The molecule has 0 unspecified atom stereocenters. The van der Waals surface area contributed by atoms with Crippen molar-refractivity contribution in [3.05, 3.63) is 70.5 Å². The standard InChI is InChI=1S/C21H21FN4/c1-16-13-25(14-18-4-2-17(11-23)3-5-18)8-9-26(16)15-20-10-19(12-24)6-7-21(20)22/h2-7,10,16H,8-9,13-15H2,1H3/t16-/m1/s1. The molecule has 0 bridgehead atoms. The molecule has 26 heavy (non-hydrogen) atoms. The molecule has 0 N–H and O–H groups in total. The van der Waals surface area contributed by atoms with E-state index in [0.717, 1.165) is 26.2 Å². The summed E-state index contributed by atoms with van der Waals surface area (Å²) in [4.78, 5) is 4.64. The van der Waals surface area contributed by atoms with Crippen LogP contribution in [0.15, 0.2) is 42.5 Å². The van der Waals surface area contributed by atoms with Gasteiger partial charge >= 0.3 is 0 Å². The molecule has 132 valence electrons. The first-order valence-corrected chi connectivity index (χ1v) is 8.73. The molecule has 0 amide bonds. The van der Waals surface area contributed by atoms with Crippen LogP contribution in [0.25, 0.3) is 0 Å². The fourth-order valence-corrected chi connectivity index (χ4v) is 3.38. The molecule has 1 heterocycles. The van der Waals surface area contributed by atoms with Crippen molar-refractivity contribution in [1.82, 2.24) is 9.80 Å². The van der Waals surface area contributed by atoms with E-state index in [1.165, 1.54) is 17.7 Å². The summed E-state index contributed by atoms with van der Waals surface area (Å²) in [6, 6.07) is 16.7. The highest BCUT2D eigenvalue weighted by Gasteiger charge is 2.24. The normalized spacial score (nSPS) is 18.2. The van der Waals surface area contributed by atoms with E-state index in [0.29, 0.717) is 29.3 Å². The Morgan fingerprint density at radius 1 is 1.00 bits per heavy atom. The number of piperazine rings is 1. The lowest BCUT2D eigenvalue weighted by Gasteiger charge is -2.40. The smallest absolute Gasteiger partial charge is 0.127 e. The molecule has 0 aliphatic carbocycles. The highest BCUT2D eigenvalue weighted by atomic mass is 19.1. The second-order valence-electron chi connectivity index (χ2n) is 6.78. The van der Waals surface area contributed by atoms with Gasteiger partial charge in [0, 0.05) is 44.3 Å². The number of halogens is 1. The Hall–Kier alpha value is -2.73. The molecule has 2 aromatic carbocycles. The van der Waals surface area contributed by atoms with E-state index >= 15 is 0 Å². The van der Waals surface area contributed by atoms with Gasteiger partial charge in [0.05, 0.1) is 23.3 Å². The summed E-state index contributed by atoms with van der Waals surface area (Å²) in [7, 11) is 0. The average Bonchev–Trinajstić information content (AvgIpc) is 2.66. The monoisotopic (exact) mass is 348 g/mol. The number of nitriles is 2. The van der Waals surface area contributed by atoms with Crippen LogP contribution in [0.5, 0.6) is 0 Å². The van der Waals surface area contributed by atoms with E-state index in [1.807, 2.05) is 24.3 Å². The Morgan fingerprint density at radius 2 is 1.69 bits per heavy atom. The van der Waals surface area contributed by atoms with Crippen molar-refractivity contribution >= 4 is 0 Å². The molecule has 5 heteroatoms. The predicted octanol–water partition coefficient (Wildman–Crippen LogP) is 3.28. The van der Waals surface area contributed by atoms with Gasteiger partial charge in [-0.3, -0.25) is 9.80 Å². The van der Waals surface area contributed by atoms with Crippen LogP contribution >= 0.6 is 0 Å². The SMILES string of the molecule is C[C@@H]1CN(Cc2ccc(C#N)cc2)CCN1Cc1cc(C#N)ccc1F. The summed E-state index contributed by atoms with van der Waals surface area (Å²) in [6.45, 7) is 6.18. The summed E-state index contributed by atoms with van der Waals surface area (Å²) in [5.74, 6) is -0.254. The first kappa shape index (κ1) is 18.1. The van der Waals surface area contributed by atoms with Gasteiger partial charge in [-0.2, -0.15) is 10.5 Å². The summed E-state index contributed by atoms with van der Waals surface area (Å²) in [6.07, 6.45) is 0. The van der Waals surface area contributed by atoms with Crippen molar-refractivity contribution in [2.24, 2.45) is 0 Å². The van der Waals surface area contributed by atoms with Gasteiger partial charge in [-0.25, -0.2) is 4.39 Å². The molecule has 1 saturated heterocycles. The molecule has 0 spiro atoms. The van der Waals surface area contributed by atoms with Crippen molar-refractivity contribution in [3.8, 4) is 12.1 Å². The van der Waals surface area contributed by atoms with E-state index in [4.69, 9.17) is 10.5 Å². The first-order chi connectivity index (χ1) is 12.6. The van der Waals surface area contributed by atoms with E-state index in [-0.39, 0.29) is 5.82 Å². The maximum Gasteiger partial charge on any atom is 0.127 e. The van der Waals surface area contributed by atoms with E-state index in [2.05, 4.69) is 28.9 Å². The van der Waals surface area contributed by atoms with Crippen LogP contribution in [0, 0.1) is 28.5 Å². The average molecular weight is 348 g/mol. The zero-order chi connectivity index (χ0) is 18.5. The Bertz CT molecular complexity index is 848. The maximum atomic E-state index is 14.0. The van der Waals surface area contributed by atoms with Gasteiger partial charge in [-0.05, 0) is 42.8 Å². The van der Waals surface area contributed by atoms with E-state index in [1.54, 1.807) is 6.07 Å². The molecule has 3 rings (SSSR count). The lowest BCUT2D eigenvalue weighted by molar-refractivity contribution is 0.0725. The zero-order valence-electron chi connectivity index (χ0n) is 14.8. The second-order valence-corrected chi connectivity index (χ2v) is 6.78. The zero-order valence-corrected chi connectivity index (χ0v) is 14.8. The summed E-state index contributed by atoms with van der Waals surface area (Å²) >= 11 is 0. The van der Waals surface area contributed by atoms with Crippen molar-refractivity contribution in [2.75, 3.05) is 19.6 Å². The van der Waals surface area contributed by atoms with Crippen molar-refractivity contribution in [2.45, 2.75) is 26.1 Å². The van der Waals surface area contributed by atoms with Gasteiger partial charge in [0.15, 0.2) is 0 Å². The third-order valence-corrected chi connectivity index (χ3v) is 4.89. The maximum absolute atomic E-state index is 14.0. The van der Waals surface area contributed by atoms with Crippen molar-refractivity contribution < 1.29 is 4.39 Å². The van der Waals surface area contributed by atoms with Gasteiger partial charge in [-0.15, -0.1) is 0 Å². The Balaban J connectivity index is 1.60. The minimum Gasteiger partial charge on any atom is -0.296 e. The lowest BCUT2D eigenvalue weighted by Crippen LogP contribution is -2.51. The molecular weight excluding hydrogens is 327 g/mol. The van der Waals surface area contributed by atoms with Gasteiger partial charge in [0.2, 0.25) is 0 Å². The number of benzene rings is 2. The third-order valence-electron chi connectivity index (χ3n) is 4.89. The Labute approximate surface area is 153 Å². The van der Waals surface area contributed by atoms with E-state index in [9.17, 15) is 4.39 Å². The number of nitrogens with zero attached hydrogens (tertiary/aromatic N) is 4. The van der Waals surface area contributed by atoms with Gasteiger partial charge in [-0.1, -0.05) is 12.1 Å². The third kappa shape index (κ3) is 4.26. The van der Waals surface area contributed by atoms with Crippen LogP contribution in [-0.4, -0.2) is 35.5 Å². The molecular formula is C21H21FN4. The topological polar surface area (TPSA) is 54.1 Å². The number of rotatable bonds is 4. The largest absolute Gasteiger partial charge is 0.296 e. The van der Waals surface area contributed by atoms with Crippen molar-refractivity contribution in [3.63, 3.8) is 0 Å². The van der Waals surface area contributed by atoms with Gasteiger partial charge in [0.1, 0.15) is 5.82 Å². The highest BCUT2D eigenvalue weighted by Crippen LogP contribution is 2.19. The van der Waals surface area contributed by atoms with Crippen molar-refractivity contribution in [1.29, 1.82) is 10.5 Å². The molecule has 1 atom stereocenters. The number of hydrogen-bond donors (Lipinski definition) is 0. The molecule has 1 fully saturated rings. The molecule has 1 aliphatic heterocycles. The second kappa shape index (κ2) is 8.10. The van der Waals surface area contributed by atoms with Crippen LogP contribution in [-0.2, 0) is 13.1 Å². The highest BCUT2D eigenvalue weighted by molar-refractivity contribution is 5.34. The van der Waals surface area contributed by atoms with Gasteiger partial charge < -0.3 is 0 Å². The molecule has 4 nitrogen and oxygen atoms in total. The lowest BCUT2D eigenvalue weighted by atomic mass is 10.1. The first-order valence-electron chi connectivity index (χ1n) is 8.73. The Kier molecular flexibility index (Phi) is 5.63. The molecule has 1 aliphatic rings. The number of hydrogen-bond acceptors (Lipinski definition) is 4. The van der Waals surface area contributed by atoms with E-state index < -0.39 is 0 Å². The molecule has 0 aromatic heterocycles.